The summed E-state index contributed by atoms with van der Waals surface area (Å²) in [7, 11) is 4.30. The predicted molar refractivity (Wildman–Crippen MR) is 68.9 cm³/mol. The maximum atomic E-state index is 5.78. The van der Waals surface area contributed by atoms with Crippen molar-refractivity contribution in [2.45, 2.75) is 18.9 Å². The third-order valence-corrected chi connectivity index (χ3v) is 4.36. The van der Waals surface area contributed by atoms with E-state index in [0.29, 0.717) is 11.2 Å². The number of hydrogen-bond donors (Lipinski definition) is 1. The van der Waals surface area contributed by atoms with Crippen molar-refractivity contribution in [3.63, 3.8) is 0 Å². The minimum atomic E-state index is 0.629. The van der Waals surface area contributed by atoms with Gasteiger partial charge in [-0.25, -0.2) is 4.98 Å². The van der Waals surface area contributed by atoms with Gasteiger partial charge in [0.1, 0.15) is 0 Å². The Balaban J connectivity index is 2.13. The van der Waals surface area contributed by atoms with Gasteiger partial charge in [0.05, 0.1) is 10.2 Å². The molecule has 16 heavy (non-hydrogen) atoms. The quantitative estimate of drug-likeness (QED) is 0.818. The van der Waals surface area contributed by atoms with E-state index in [1.807, 2.05) is 0 Å². The molecule has 1 aromatic carbocycles. The van der Waals surface area contributed by atoms with Gasteiger partial charge in [-0.3, -0.25) is 0 Å². The molecule has 1 unspecified atom stereocenters. The summed E-state index contributed by atoms with van der Waals surface area (Å²) in [6.07, 6.45) is 2.28. The van der Waals surface area contributed by atoms with Crippen LogP contribution in [0.5, 0.6) is 0 Å². The molecular weight excluding hydrogens is 218 g/mol. The van der Waals surface area contributed by atoms with E-state index in [4.69, 9.17) is 5.73 Å². The number of aromatic nitrogens is 1. The lowest BCUT2D eigenvalue weighted by atomic mass is 10.1. The second kappa shape index (κ2) is 3.43. The van der Waals surface area contributed by atoms with Gasteiger partial charge >= 0.3 is 0 Å². The van der Waals surface area contributed by atoms with Crippen molar-refractivity contribution in [1.29, 1.82) is 0 Å². The van der Waals surface area contributed by atoms with Crippen LogP contribution in [-0.2, 0) is 12.8 Å². The topological polar surface area (TPSA) is 42.2 Å². The molecule has 0 spiro atoms. The fourth-order valence-electron chi connectivity index (χ4n) is 2.45. The summed E-state index contributed by atoms with van der Waals surface area (Å²) in [5.41, 5.74) is 9.76. The van der Waals surface area contributed by atoms with Gasteiger partial charge in [-0.05, 0) is 44.1 Å². The Kier molecular flexibility index (Phi) is 2.16. The summed E-state index contributed by atoms with van der Waals surface area (Å²) >= 11 is 1.62. The highest BCUT2D eigenvalue weighted by Gasteiger charge is 2.25. The number of benzene rings is 1. The number of nitrogens with two attached hydrogens (primary N) is 1. The van der Waals surface area contributed by atoms with Crippen LogP contribution < -0.4 is 5.73 Å². The van der Waals surface area contributed by atoms with Crippen molar-refractivity contribution in [2.24, 2.45) is 0 Å². The zero-order valence-corrected chi connectivity index (χ0v) is 10.3. The number of anilines is 1. The zero-order chi connectivity index (χ0) is 11.3. The third kappa shape index (κ3) is 1.41. The van der Waals surface area contributed by atoms with Gasteiger partial charge in [-0.2, -0.15) is 0 Å². The summed E-state index contributed by atoms with van der Waals surface area (Å²) in [5, 5.41) is 0.678. The molecule has 2 aromatic rings. The number of hydrogen-bond acceptors (Lipinski definition) is 4. The minimum absolute atomic E-state index is 0.629. The summed E-state index contributed by atoms with van der Waals surface area (Å²) < 4.78 is 1.29. The van der Waals surface area contributed by atoms with Crippen LogP contribution in [0.2, 0.25) is 0 Å². The Morgan fingerprint density at radius 1 is 1.38 bits per heavy atom. The molecular formula is C12H15N3S. The molecule has 1 aromatic heterocycles. The molecule has 4 heteroatoms. The molecule has 84 valence electrons. The van der Waals surface area contributed by atoms with Gasteiger partial charge < -0.3 is 10.6 Å². The fraction of sp³-hybridized carbons (Fsp3) is 0.417. The van der Waals surface area contributed by atoms with E-state index < -0.39 is 0 Å². The number of likely N-dealkylation sites (N-methyl/N-ethyl adjacent to an activating group) is 1. The average Bonchev–Trinajstić information content (AvgIpc) is 2.77. The van der Waals surface area contributed by atoms with Crippen molar-refractivity contribution in [2.75, 3.05) is 19.8 Å². The molecule has 0 saturated heterocycles. The first-order valence-electron chi connectivity index (χ1n) is 5.48. The van der Waals surface area contributed by atoms with Crippen molar-refractivity contribution in [3.8, 4) is 0 Å². The van der Waals surface area contributed by atoms with E-state index >= 15 is 0 Å². The fourth-order valence-corrected chi connectivity index (χ4v) is 3.36. The van der Waals surface area contributed by atoms with E-state index in [2.05, 4.69) is 36.1 Å². The van der Waals surface area contributed by atoms with Crippen molar-refractivity contribution < 1.29 is 0 Å². The molecule has 3 nitrogen and oxygen atoms in total. The normalized spacial score (nSPS) is 19.6. The van der Waals surface area contributed by atoms with Crippen molar-refractivity contribution in [3.05, 3.63) is 23.3 Å². The van der Waals surface area contributed by atoms with Crippen LogP contribution in [0.1, 0.15) is 11.1 Å². The van der Waals surface area contributed by atoms with Crippen molar-refractivity contribution in [1.82, 2.24) is 9.88 Å². The second-order valence-electron chi connectivity index (χ2n) is 4.63. The minimum Gasteiger partial charge on any atom is -0.375 e. The van der Waals surface area contributed by atoms with Gasteiger partial charge in [-0.1, -0.05) is 17.4 Å². The maximum Gasteiger partial charge on any atom is 0.181 e. The van der Waals surface area contributed by atoms with Gasteiger partial charge in [0.2, 0.25) is 0 Å². The van der Waals surface area contributed by atoms with Crippen LogP contribution in [0.15, 0.2) is 12.1 Å². The molecule has 1 aliphatic carbocycles. The molecule has 1 atom stereocenters. The predicted octanol–water partition coefficient (Wildman–Crippen LogP) is 1.91. The van der Waals surface area contributed by atoms with Crippen LogP contribution in [0.3, 0.4) is 0 Å². The van der Waals surface area contributed by atoms with Crippen LogP contribution in [0, 0.1) is 0 Å². The highest BCUT2D eigenvalue weighted by atomic mass is 32.1. The molecule has 0 amide bonds. The number of thiazole rings is 1. The Morgan fingerprint density at radius 2 is 2.19 bits per heavy atom. The molecule has 3 rings (SSSR count). The van der Waals surface area contributed by atoms with Gasteiger partial charge in [0.25, 0.3) is 0 Å². The zero-order valence-electron chi connectivity index (χ0n) is 9.53. The van der Waals surface area contributed by atoms with E-state index in [1.165, 1.54) is 15.8 Å². The molecule has 0 bridgehead atoms. The first kappa shape index (κ1) is 10.1. The summed E-state index contributed by atoms with van der Waals surface area (Å²) in [6.45, 7) is 0. The summed E-state index contributed by atoms with van der Waals surface area (Å²) in [4.78, 5) is 6.65. The van der Waals surface area contributed by atoms with E-state index in [1.54, 1.807) is 11.3 Å². The summed E-state index contributed by atoms with van der Waals surface area (Å²) in [5.74, 6) is 0. The Bertz CT molecular complexity index is 544. The number of rotatable bonds is 1. The number of fused-ring (bicyclic) bond motifs is 3. The molecule has 1 heterocycles. The number of nitrogen functional groups attached to an aromatic ring is 1. The first-order chi connectivity index (χ1) is 7.65. The van der Waals surface area contributed by atoms with Gasteiger partial charge in [-0.15, -0.1) is 0 Å². The van der Waals surface area contributed by atoms with Gasteiger partial charge in [0.15, 0.2) is 5.13 Å². The van der Waals surface area contributed by atoms with Crippen LogP contribution >= 0.6 is 11.3 Å². The maximum absolute atomic E-state index is 5.78. The van der Waals surface area contributed by atoms with Crippen LogP contribution in [-0.4, -0.2) is 30.0 Å². The smallest absolute Gasteiger partial charge is 0.181 e. The lowest BCUT2D eigenvalue weighted by Crippen LogP contribution is -2.27. The largest absolute Gasteiger partial charge is 0.375 e. The van der Waals surface area contributed by atoms with E-state index in [0.717, 1.165) is 18.4 Å². The third-order valence-electron chi connectivity index (χ3n) is 3.40. The Labute approximate surface area is 98.9 Å². The lowest BCUT2D eigenvalue weighted by Gasteiger charge is -2.17. The second-order valence-corrected chi connectivity index (χ2v) is 5.66. The molecule has 0 saturated carbocycles. The molecule has 0 fully saturated rings. The molecule has 2 N–H and O–H groups in total. The highest BCUT2D eigenvalue weighted by molar-refractivity contribution is 7.22. The standard InChI is InChI=1S/C12H15N3S/c1-15(2)8-5-7-3-4-10-11(9(7)6-8)16-12(13)14-10/h3-4,8H,5-6H2,1-2H3,(H2,13,14). The Hall–Kier alpha value is -1.13. The first-order valence-corrected chi connectivity index (χ1v) is 6.30. The molecule has 1 aliphatic rings. The monoisotopic (exact) mass is 233 g/mol. The Morgan fingerprint density at radius 3 is 2.94 bits per heavy atom. The lowest BCUT2D eigenvalue weighted by molar-refractivity contribution is 0.304. The molecule has 0 radical (unpaired) electrons. The van der Waals surface area contributed by atoms with Crippen LogP contribution in [0.25, 0.3) is 10.2 Å². The highest BCUT2D eigenvalue weighted by Crippen LogP contribution is 2.35. The SMILES string of the molecule is CN(C)C1Cc2ccc3nc(N)sc3c2C1. The van der Waals surface area contributed by atoms with Crippen LogP contribution in [0.4, 0.5) is 5.13 Å². The molecule has 0 aliphatic heterocycles. The number of nitrogens with zero attached hydrogens (tertiary/aromatic N) is 2. The van der Waals surface area contributed by atoms with Crippen molar-refractivity contribution >= 4 is 26.7 Å². The summed E-state index contributed by atoms with van der Waals surface area (Å²) in [6, 6.07) is 4.93. The van der Waals surface area contributed by atoms with Gasteiger partial charge in [0, 0.05) is 6.04 Å². The van der Waals surface area contributed by atoms with E-state index in [-0.39, 0.29) is 0 Å². The van der Waals surface area contributed by atoms with E-state index in [9.17, 15) is 0 Å². The average molecular weight is 233 g/mol.